The molecule has 3 aromatic rings. The molecule has 0 atom stereocenters. The third-order valence-corrected chi connectivity index (χ3v) is 4.75. The molecule has 0 spiro atoms. The largest absolute Gasteiger partial charge is 0.497 e. The van der Waals surface area contributed by atoms with Gasteiger partial charge in [0.2, 0.25) is 0 Å². The van der Waals surface area contributed by atoms with Crippen molar-refractivity contribution in [2.24, 2.45) is 0 Å². The van der Waals surface area contributed by atoms with Crippen LogP contribution in [0.5, 0.6) is 5.75 Å². The van der Waals surface area contributed by atoms with Crippen LogP contribution in [0.15, 0.2) is 41.8 Å². The molecule has 0 aliphatic rings. The number of thiazole rings is 1. The number of hydrogen-bond donors (Lipinski definition) is 1. The standard InChI is InChI=1S/C20H20N2O2S/c1-12-8-13(2)18(14(3)9-12)19(23)22-20-21-17(11-25-20)15-6-5-7-16(10-15)24-4/h5-11H,1-4H3,(H,21,22,23). The fourth-order valence-corrected chi connectivity index (χ4v) is 3.66. The number of benzene rings is 2. The smallest absolute Gasteiger partial charge is 0.257 e. The fraction of sp³-hybridized carbons (Fsp3) is 0.200. The Hall–Kier alpha value is -2.66. The summed E-state index contributed by atoms with van der Waals surface area (Å²) in [7, 11) is 1.64. The van der Waals surface area contributed by atoms with Gasteiger partial charge in [0.05, 0.1) is 12.8 Å². The molecule has 2 aromatic carbocycles. The van der Waals surface area contributed by atoms with Gasteiger partial charge in [-0.2, -0.15) is 0 Å². The normalized spacial score (nSPS) is 10.6. The van der Waals surface area contributed by atoms with Crippen LogP contribution in [-0.4, -0.2) is 18.0 Å². The molecule has 0 bridgehead atoms. The van der Waals surface area contributed by atoms with E-state index in [0.717, 1.165) is 33.7 Å². The molecule has 1 N–H and O–H groups in total. The van der Waals surface area contributed by atoms with E-state index in [2.05, 4.69) is 10.3 Å². The summed E-state index contributed by atoms with van der Waals surface area (Å²) in [6, 6.07) is 11.7. The summed E-state index contributed by atoms with van der Waals surface area (Å²) in [6.45, 7) is 5.94. The van der Waals surface area contributed by atoms with Crippen LogP contribution in [0, 0.1) is 20.8 Å². The van der Waals surface area contributed by atoms with E-state index in [1.165, 1.54) is 11.3 Å². The quantitative estimate of drug-likeness (QED) is 0.719. The van der Waals surface area contributed by atoms with Gasteiger partial charge < -0.3 is 4.74 Å². The summed E-state index contributed by atoms with van der Waals surface area (Å²) in [4.78, 5) is 17.2. The van der Waals surface area contributed by atoms with Gasteiger partial charge in [-0.3, -0.25) is 10.1 Å². The number of anilines is 1. The molecule has 0 fully saturated rings. The van der Waals surface area contributed by atoms with E-state index >= 15 is 0 Å². The Labute approximate surface area is 151 Å². The van der Waals surface area contributed by atoms with Gasteiger partial charge in [-0.1, -0.05) is 29.8 Å². The van der Waals surface area contributed by atoms with Crippen molar-refractivity contribution >= 4 is 22.4 Å². The molecule has 128 valence electrons. The molecule has 4 nitrogen and oxygen atoms in total. The number of amides is 1. The highest BCUT2D eigenvalue weighted by Crippen LogP contribution is 2.28. The Morgan fingerprint density at radius 1 is 1.12 bits per heavy atom. The van der Waals surface area contributed by atoms with Gasteiger partial charge in [0, 0.05) is 16.5 Å². The average Bonchev–Trinajstić information content (AvgIpc) is 3.02. The number of aromatic nitrogens is 1. The Balaban J connectivity index is 1.83. The number of rotatable bonds is 4. The Morgan fingerprint density at radius 2 is 1.84 bits per heavy atom. The molecule has 3 rings (SSSR count). The number of nitrogens with zero attached hydrogens (tertiary/aromatic N) is 1. The van der Waals surface area contributed by atoms with E-state index in [1.807, 2.05) is 62.5 Å². The third kappa shape index (κ3) is 3.72. The van der Waals surface area contributed by atoms with Gasteiger partial charge in [0.1, 0.15) is 5.75 Å². The van der Waals surface area contributed by atoms with Crippen molar-refractivity contribution in [3.05, 3.63) is 64.0 Å². The summed E-state index contributed by atoms with van der Waals surface area (Å²) in [5, 5.41) is 5.43. The van der Waals surface area contributed by atoms with Crippen molar-refractivity contribution in [2.45, 2.75) is 20.8 Å². The Bertz CT molecular complexity index is 908. The van der Waals surface area contributed by atoms with Crippen LogP contribution in [0.4, 0.5) is 5.13 Å². The third-order valence-electron chi connectivity index (χ3n) is 3.99. The summed E-state index contributed by atoms with van der Waals surface area (Å²) >= 11 is 1.41. The van der Waals surface area contributed by atoms with E-state index < -0.39 is 0 Å². The molecule has 5 heteroatoms. The lowest BCUT2D eigenvalue weighted by molar-refractivity contribution is 0.102. The average molecular weight is 352 g/mol. The van der Waals surface area contributed by atoms with Crippen LogP contribution in [0.25, 0.3) is 11.3 Å². The molecule has 25 heavy (non-hydrogen) atoms. The van der Waals surface area contributed by atoms with Crippen LogP contribution >= 0.6 is 11.3 Å². The first-order valence-corrected chi connectivity index (χ1v) is 8.85. The molecule has 0 unspecified atom stereocenters. The molecule has 0 aliphatic heterocycles. The maximum Gasteiger partial charge on any atom is 0.257 e. The molecule has 0 radical (unpaired) electrons. The second-order valence-electron chi connectivity index (χ2n) is 6.00. The van der Waals surface area contributed by atoms with E-state index in [0.29, 0.717) is 10.7 Å². The van der Waals surface area contributed by atoms with Crippen molar-refractivity contribution in [3.8, 4) is 17.0 Å². The highest BCUT2D eigenvalue weighted by atomic mass is 32.1. The van der Waals surface area contributed by atoms with Crippen molar-refractivity contribution in [3.63, 3.8) is 0 Å². The number of hydrogen-bond acceptors (Lipinski definition) is 4. The number of carbonyl (C=O) groups excluding carboxylic acids is 1. The predicted octanol–water partition coefficient (Wildman–Crippen LogP) is 5.00. The molecular weight excluding hydrogens is 332 g/mol. The van der Waals surface area contributed by atoms with Crippen LogP contribution < -0.4 is 10.1 Å². The summed E-state index contributed by atoms with van der Waals surface area (Å²) in [6.07, 6.45) is 0. The zero-order chi connectivity index (χ0) is 18.0. The van der Waals surface area contributed by atoms with Gasteiger partial charge in [0.15, 0.2) is 5.13 Å². The van der Waals surface area contributed by atoms with Crippen LogP contribution in [-0.2, 0) is 0 Å². The maximum atomic E-state index is 12.6. The Kier molecular flexibility index (Phi) is 4.86. The number of nitrogens with one attached hydrogen (secondary N) is 1. The number of ether oxygens (including phenoxy) is 1. The summed E-state index contributed by atoms with van der Waals surface area (Å²) in [5.41, 5.74) is 5.58. The molecule has 1 aromatic heterocycles. The lowest BCUT2D eigenvalue weighted by Gasteiger charge is -2.10. The molecule has 1 heterocycles. The minimum atomic E-state index is -0.124. The molecule has 0 aliphatic carbocycles. The molecule has 1 amide bonds. The van der Waals surface area contributed by atoms with Crippen LogP contribution in [0.2, 0.25) is 0 Å². The minimum absolute atomic E-state index is 0.124. The zero-order valence-corrected chi connectivity index (χ0v) is 15.5. The summed E-state index contributed by atoms with van der Waals surface area (Å²) < 4.78 is 5.25. The first-order chi connectivity index (χ1) is 12.0. The van der Waals surface area contributed by atoms with Crippen LogP contribution in [0.1, 0.15) is 27.0 Å². The monoisotopic (exact) mass is 352 g/mol. The second kappa shape index (κ2) is 7.07. The van der Waals surface area contributed by atoms with E-state index in [4.69, 9.17) is 4.74 Å². The van der Waals surface area contributed by atoms with Crippen molar-refractivity contribution in [1.29, 1.82) is 0 Å². The SMILES string of the molecule is COc1cccc(-c2csc(NC(=O)c3c(C)cc(C)cc3C)n2)c1. The lowest BCUT2D eigenvalue weighted by Crippen LogP contribution is -2.15. The van der Waals surface area contributed by atoms with E-state index in [1.54, 1.807) is 7.11 Å². The summed E-state index contributed by atoms with van der Waals surface area (Å²) in [5.74, 6) is 0.656. The van der Waals surface area contributed by atoms with Crippen molar-refractivity contribution in [1.82, 2.24) is 4.98 Å². The fourth-order valence-electron chi connectivity index (χ4n) is 2.94. The number of aryl methyl sites for hydroxylation is 3. The molecule has 0 saturated heterocycles. The predicted molar refractivity (Wildman–Crippen MR) is 103 cm³/mol. The highest BCUT2D eigenvalue weighted by molar-refractivity contribution is 7.14. The number of carbonyl (C=O) groups is 1. The molecular formula is C20H20N2O2S. The highest BCUT2D eigenvalue weighted by Gasteiger charge is 2.15. The van der Waals surface area contributed by atoms with Crippen molar-refractivity contribution < 1.29 is 9.53 Å². The van der Waals surface area contributed by atoms with Gasteiger partial charge in [-0.15, -0.1) is 11.3 Å². The van der Waals surface area contributed by atoms with Crippen molar-refractivity contribution in [2.75, 3.05) is 12.4 Å². The lowest BCUT2D eigenvalue weighted by atomic mass is 9.99. The first kappa shape index (κ1) is 17.2. The van der Waals surface area contributed by atoms with E-state index in [9.17, 15) is 4.79 Å². The first-order valence-electron chi connectivity index (χ1n) is 7.97. The van der Waals surface area contributed by atoms with Gasteiger partial charge in [-0.25, -0.2) is 4.98 Å². The van der Waals surface area contributed by atoms with Gasteiger partial charge >= 0.3 is 0 Å². The minimum Gasteiger partial charge on any atom is -0.497 e. The second-order valence-corrected chi connectivity index (χ2v) is 6.86. The maximum absolute atomic E-state index is 12.6. The Morgan fingerprint density at radius 3 is 2.52 bits per heavy atom. The van der Waals surface area contributed by atoms with Gasteiger partial charge in [-0.05, 0) is 44.0 Å². The van der Waals surface area contributed by atoms with Gasteiger partial charge in [0.25, 0.3) is 5.91 Å². The molecule has 0 saturated carbocycles. The van der Waals surface area contributed by atoms with E-state index in [-0.39, 0.29) is 5.91 Å². The zero-order valence-electron chi connectivity index (χ0n) is 14.7. The van der Waals surface area contributed by atoms with Crippen LogP contribution in [0.3, 0.4) is 0 Å². The number of methoxy groups -OCH3 is 1. The topological polar surface area (TPSA) is 51.2 Å².